The molecule has 0 spiro atoms. The molecule has 2 heterocycles. The predicted molar refractivity (Wildman–Crippen MR) is 71.4 cm³/mol. The number of hydrogen-bond acceptors (Lipinski definition) is 6. The maximum absolute atomic E-state index is 5.62. The molecule has 0 aliphatic carbocycles. The van der Waals surface area contributed by atoms with Crippen molar-refractivity contribution in [1.29, 1.82) is 0 Å². The van der Waals surface area contributed by atoms with E-state index in [0.717, 1.165) is 11.3 Å². The zero-order valence-corrected chi connectivity index (χ0v) is 10.7. The second-order valence-electron chi connectivity index (χ2n) is 3.70. The molecule has 94 valence electrons. The summed E-state index contributed by atoms with van der Waals surface area (Å²) in [6, 6.07) is 1.78. The summed E-state index contributed by atoms with van der Waals surface area (Å²) in [5.74, 6) is 1.23. The topological polar surface area (TPSA) is 89.9 Å². The minimum absolute atomic E-state index is 0.341. The average Bonchev–Trinajstić information content (AvgIpc) is 2.75. The molecule has 2 rings (SSSR count). The van der Waals surface area contributed by atoms with Crippen LogP contribution in [-0.4, -0.2) is 26.7 Å². The number of nitrogens with one attached hydrogen (secondary N) is 1. The van der Waals surface area contributed by atoms with Gasteiger partial charge in [0.15, 0.2) is 5.82 Å². The minimum atomic E-state index is 0.341. The second kappa shape index (κ2) is 5.54. The summed E-state index contributed by atoms with van der Waals surface area (Å²) in [5, 5.41) is 6.92. The standard InChI is InChI=1S/C11H13N5OS/c1-7-15-10(17-16-7)3-5-14-9-6-13-4-2-8(9)11(12)18/h2,4,6,14H,3,5H2,1H3,(H2,12,18). The van der Waals surface area contributed by atoms with Crippen molar-refractivity contribution < 1.29 is 4.52 Å². The Labute approximate surface area is 110 Å². The molecule has 0 aliphatic heterocycles. The molecule has 6 nitrogen and oxygen atoms in total. The molecule has 2 aromatic heterocycles. The van der Waals surface area contributed by atoms with Crippen molar-refractivity contribution in [2.45, 2.75) is 13.3 Å². The maximum atomic E-state index is 5.62. The van der Waals surface area contributed by atoms with Crippen LogP contribution in [0, 0.1) is 6.92 Å². The van der Waals surface area contributed by atoms with E-state index in [1.54, 1.807) is 25.4 Å². The van der Waals surface area contributed by atoms with E-state index in [-0.39, 0.29) is 0 Å². The van der Waals surface area contributed by atoms with Crippen LogP contribution in [0.2, 0.25) is 0 Å². The van der Waals surface area contributed by atoms with Crippen LogP contribution in [0.3, 0.4) is 0 Å². The lowest BCUT2D eigenvalue weighted by atomic mass is 10.2. The van der Waals surface area contributed by atoms with Crippen LogP contribution in [0.4, 0.5) is 5.69 Å². The highest BCUT2D eigenvalue weighted by atomic mass is 32.1. The Morgan fingerprint density at radius 3 is 3.06 bits per heavy atom. The van der Waals surface area contributed by atoms with Gasteiger partial charge >= 0.3 is 0 Å². The maximum Gasteiger partial charge on any atom is 0.228 e. The van der Waals surface area contributed by atoms with Gasteiger partial charge in [0, 0.05) is 24.7 Å². The molecule has 0 aromatic carbocycles. The first kappa shape index (κ1) is 12.4. The normalized spacial score (nSPS) is 10.3. The van der Waals surface area contributed by atoms with Crippen molar-refractivity contribution in [1.82, 2.24) is 15.1 Å². The van der Waals surface area contributed by atoms with Crippen molar-refractivity contribution in [2.75, 3.05) is 11.9 Å². The van der Waals surface area contributed by atoms with Crippen LogP contribution in [0.15, 0.2) is 23.0 Å². The van der Waals surface area contributed by atoms with Crippen molar-refractivity contribution >= 4 is 22.9 Å². The van der Waals surface area contributed by atoms with Crippen LogP contribution in [0.1, 0.15) is 17.3 Å². The quantitative estimate of drug-likeness (QED) is 0.779. The monoisotopic (exact) mass is 263 g/mol. The van der Waals surface area contributed by atoms with Gasteiger partial charge in [-0.05, 0) is 13.0 Å². The van der Waals surface area contributed by atoms with Gasteiger partial charge in [0.25, 0.3) is 0 Å². The average molecular weight is 263 g/mol. The molecule has 0 bridgehead atoms. The number of rotatable bonds is 5. The first-order valence-electron chi connectivity index (χ1n) is 5.43. The number of pyridine rings is 1. The summed E-state index contributed by atoms with van der Waals surface area (Å²) >= 11 is 4.97. The summed E-state index contributed by atoms with van der Waals surface area (Å²) in [4.78, 5) is 8.49. The zero-order valence-electron chi connectivity index (χ0n) is 9.88. The smallest absolute Gasteiger partial charge is 0.228 e. The Morgan fingerprint density at radius 2 is 2.39 bits per heavy atom. The number of aryl methyl sites for hydroxylation is 1. The molecule has 0 saturated heterocycles. The van der Waals surface area contributed by atoms with Crippen molar-refractivity contribution in [3.05, 3.63) is 35.7 Å². The van der Waals surface area contributed by atoms with E-state index >= 15 is 0 Å². The molecular formula is C11H13N5OS. The van der Waals surface area contributed by atoms with E-state index in [0.29, 0.717) is 29.7 Å². The van der Waals surface area contributed by atoms with E-state index in [1.165, 1.54) is 0 Å². The molecule has 2 aromatic rings. The highest BCUT2D eigenvalue weighted by molar-refractivity contribution is 7.80. The molecule has 0 atom stereocenters. The first-order chi connectivity index (χ1) is 8.66. The summed E-state index contributed by atoms with van der Waals surface area (Å²) in [6.07, 6.45) is 3.97. The summed E-state index contributed by atoms with van der Waals surface area (Å²) < 4.78 is 5.01. The van der Waals surface area contributed by atoms with Gasteiger partial charge in [-0.2, -0.15) is 4.98 Å². The van der Waals surface area contributed by atoms with E-state index in [4.69, 9.17) is 22.5 Å². The van der Waals surface area contributed by atoms with Gasteiger partial charge in [-0.1, -0.05) is 17.4 Å². The van der Waals surface area contributed by atoms with Crippen molar-refractivity contribution in [3.63, 3.8) is 0 Å². The highest BCUT2D eigenvalue weighted by Crippen LogP contribution is 2.13. The van der Waals surface area contributed by atoms with Gasteiger partial charge in [0.05, 0.1) is 11.9 Å². The van der Waals surface area contributed by atoms with Gasteiger partial charge in [0.1, 0.15) is 4.99 Å². The van der Waals surface area contributed by atoms with Gasteiger partial charge < -0.3 is 15.6 Å². The van der Waals surface area contributed by atoms with E-state index in [2.05, 4.69) is 20.4 Å². The van der Waals surface area contributed by atoms with E-state index in [9.17, 15) is 0 Å². The molecule has 0 unspecified atom stereocenters. The van der Waals surface area contributed by atoms with E-state index in [1.807, 2.05) is 0 Å². The third-order valence-corrected chi connectivity index (χ3v) is 2.53. The van der Waals surface area contributed by atoms with Crippen molar-refractivity contribution in [2.24, 2.45) is 5.73 Å². The molecule has 3 N–H and O–H groups in total. The molecule has 0 aliphatic rings. The van der Waals surface area contributed by atoms with Gasteiger partial charge in [-0.15, -0.1) is 0 Å². The molecule has 0 fully saturated rings. The fourth-order valence-corrected chi connectivity index (χ4v) is 1.67. The summed E-state index contributed by atoms with van der Waals surface area (Å²) in [7, 11) is 0. The SMILES string of the molecule is Cc1noc(CCNc2cnccc2C(N)=S)n1. The number of nitrogens with zero attached hydrogens (tertiary/aromatic N) is 3. The Hall–Kier alpha value is -2.02. The number of anilines is 1. The van der Waals surface area contributed by atoms with Crippen LogP contribution >= 0.6 is 12.2 Å². The lowest BCUT2D eigenvalue weighted by molar-refractivity contribution is 0.377. The molecule has 0 saturated carbocycles. The number of aromatic nitrogens is 3. The second-order valence-corrected chi connectivity index (χ2v) is 4.14. The molecule has 18 heavy (non-hydrogen) atoms. The van der Waals surface area contributed by atoms with Crippen LogP contribution in [-0.2, 0) is 6.42 Å². The molecule has 7 heteroatoms. The fourth-order valence-electron chi connectivity index (χ4n) is 1.50. The fraction of sp³-hybridized carbons (Fsp3) is 0.273. The highest BCUT2D eigenvalue weighted by Gasteiger charge is 2.06. The molecule has 0 amide bonds. The lowest BCUT2D eigenvalue weighted by Gasteiger charge is -2.08. The van der Waals surface area contributed by atoms with Crippen LogP contribution in [0.25, 0.3) is 0 Å². The zero-order chi connectivity index (χ0) is 13.0. The Bertz CT molecular complexity index is 554. The lowest BCUT2D eigenvalue weighted by Crippen LogP contribution is -2.14. The van der Waals surface area contributed by atoms with E-state index < -0.39 is 0 Å². The Balaban J connectivity index is 1.96. The predicted octanol–water partition coefficient (Wildman–Crippen LogP) is 1.06. The summed E-state index contributed by atoms with van der Waals surface area (Å²) in [6.45, 7) is 2.43. The third-order valence-electron chi connectivity index (χ3n) is 2.31. The number of hydrogen-bond donors (Lipinski definition) is 2. The Morgan fingerprint density at radius 1 is 1.56 bits per heavy atom. The summed E-state index contributed by atoms with van der Waals surface area (Å²) in [5.41, 5.74) is 7.21. The van der Waals surface area contributed by atoms with Gasteiger partial charge in [0.2, 0.25) is 5.89 Å². The Kier molecular flexibility index (Phi) is 3.83. The number of thiocarbonyl (C=S) groups is 1. The van der Waals surface area contributed by atoms with Gasteiger partial charge in [-0.25, -0.2) is 0 Å². The van der Waals surface area contributed by atoms with Crippen LogP contribution in [0.5, 0.6) is 0 Å². The van der Waals surface area contributed by atoms with Crippen molar-refractivity contribution in [3.8, 4) is 0 Å². The van der Waals surface area contributed by atoms with Crippen LogP contribution < -0.4 is 11.1 Å². The largest absolute Gasteiger partial charge is 0.389 e. The molecular weight excluding hydrogens is 250 g/mol. The number of nitrogens with two attached hydrogens (primary N) is 1. The van der Waals surface area contributed by atoms with Gasteiger partial charge in [-0.3, -0.25) is 4.98 Å². The minimum Gasteiger partial charge on any atom is -0.389 e. The molecule has 0 radical (unpaired) electrons. The first-order valence-corrected chi connectivity index (χ1v) is 5.84. The third kappa shape index (κ3) is 3.01.